The fourth-order valence-corrected chi connectivity index (χ4v) is 8.46. The van der Waals surface area contributed by atoms with Crippen molar-refractivity contribution in [3.8, 4) is 0 Å². The lowest BCUT2D eigenvalue weighted by Gasteiger charge is -2.55. The molecule has 1 N–H and O–H groups in total. The lowest BCUT2D eigenvalue weighted by Crippen LogP contribution is -2.52. The van der Waals surface area contributed by atoms with E-state index in [0.29, 0.717) is 36.4 Å². The molecule has 1 heterocycles. The van der Waals surface area contributed by atoms with Crippen molar-refractivity contribution in [2.75, 3.05) is 13.2 Å². The summed E-state index contributed by atoms with van der Waals surface area (Å²) in [7, 11) is 0. The Kier molecular flexibility index (Phi) is 5.08. The second-order valence-electron chi connectivity index (χ2n) is 11.3. The Morgan fingerprint density at radius 3 is 2.67 bits per heavy atom. The number of aliphatic hydroxyl groups excluding tert-OH is 1. The van der Waals surface area contributed by atoms with Crippen LogP contribution < -0.4 is 0 Å². The van der Waals surface area contributed by atoms with Crippen molar-refractivity contribution >= 4 is 5.78 Å². The van der Waals surface area contributed by atoms with Crippen LogP contribution in [0.15, 0.2) is 59.2 Å². The zero-order valence-electron chi connectivity index (χ0n) is 19.9. The second kappa shape index (κ2) is 7.78. The molecule has 174 valence electrons. The first-order valence-electron chi connectivity index (χ1n) is 13.0. The van der Waals surface area contributed by atoms with Crippen LogP contribution in [0.1, 0.15) is 75.3 Å². The number of hydrogen-bond acceptors (Lipinski definition) is 3. The highest BCUT2D eigenvalue weighted by molar-refractivity contribution is 5.93. The maximum Gasteiger partial charge on any atom is 0.156 e. The molecule has 1 aromatic carbocycles. The molecular formula is C30H36O3. The van der Waals surface area contributed by atoms with Gasteiger partial charge in [0.25, 0.3) is 0 Å². The van der Waals surface area contributed by atoms with Crippen LogP contribution in [0.3, 0.4) is 0 Å². The number of ketones is 1. The van der Waals surface area contributed by atoms with E-state index in [0.717, 1.165) is 45.1 Å². The van der Waals surface area contributed by atoms with Crippen molar-refractivity contribution in [2.45, 2.75) is 76.2 Å². The highest BCUT2D eigenvalue weighted by atomic mass is 16.5. The first-order valence-corrected chi connectivity index (χ1v) is 13.0. The summed E-state index contributed by atoms with van der Waals surface area (Å²) < 4.78 is 6.62. The number of carbonyl (C=O) groups is 1. The van der Waals surface area contributed by atoms with Gasteiger partial charge in [0.05, 0.1) is 12.2 Å². The van der Waals surface area contributed by atoms with Gasteiger partial charge in [-0.2, -0.15) is 0 Å². The summed E-state index contributed by atoms with van der Waals surface area (Å²) in [5.41, 5.74) is 8.28. The first kappa shape index (κ1) is 21.6. The minimum absolute atomic E-state index is 0.0927. The van der Waals surface area contributed by atoms with Crippen LogP contribution in [0.5, 0.6) is 0 Å². The molecular weight excluding hydrogens is 408 g/mol. The number of hydrogen-bond donors (Lipinski definition) is 1. The van der Waals surface area contributed by atoms with Gasteiger partial charge in [-0.25, -0.2) is 0 Å². The van der Waals surface area contributed by atoms with Crippen LogP contribution >= 0.6 is 0 Å². The summed E-state index contributed by atoms with van der Waals surface area (Å²) in [6, 6.07) is 8.98. The molecule has 0 bridgehead atoms. The van der Waals surface area contributed by atoms with Gasteiger partial charge in [0.1, 0.15) is 0 Å². The molecule has 1 aromatic rings. The largest absolute Gasteiger partial charge is 0.396 e. The van der Waals surface area contributed by atoms with Crippen molar-refractivity contribution < 1.29 is 14.6 Å². The van der Waals surface area contributed by atoms with Crippen LogP contribution in [0, 0.1) is 17.3 Å². The molecule has 1 spiro atoms. The molecule has 3 nitrogen and oxygen atoms in total. The lowest BCUT2D eigenvalue weighted by molar-refractivity contribution is -0.114. The van der Waals surface area contributed by atoms with E-state index in [4.69, 9.17) is 4.74 Å². The fraction of sp³-hybridized carbons (Fsp3) is 0.567. The van der Waals surface area contributed by atoms with Crippen LogP contribution in [0.25, 0.3) is 0 Å². The lowest BCUT2D eigenvalue weighted by atomic mass is 9.50. The molecule has 0 radical (unpaired) electrons. The zero-order valence-corrected chi connectivity index (χ0v) is 19.9. The van der Waals surface area contributed by atoms with E-state index in [1.165, 1.54) is 34.3 Å². The highest BCUT2D eigenvalue weighted by Gasteiger charge is 2.65. The van der Waals surface area contributed by atoms with Gasteiger partial charge in [-0.15, -0.1) is 0 Å². The SMILES string of the molecule is C=C1CCO[C@@]12CC[C@H]1[C@@H]3CCC4=CC(=O)CCC4=C3[C@@H](c3ccc(CCO)cc3)C[C@@]12C. The van der Waals surface area contributed by atoms with Gasteiger partial charge in [0, 0.05) is 24.4 Å². The number of rotatable bonds is 3. The molecule has 5 atom stereocenters. The van der Waals surface area contributed by atoms with Crippen molar-refractivity contribution in [3.63, 3.8) is 0 Å². The molecule has 3 fully saturated rings. The van der Waals surface area contributed by atoms with Gasteiger partial charge < -0.3 is 9.84 Å². The minimum Gasteiger partial charge on any atom is -0.396 e. The van der Waals surface area contributed by atoms with Gasteiger partial charge in [-0.3, -0.25) is 4.79 Å². The van der Waals surface area contributed by atoms with E-state index in [1.807, 2.05) is 6.08 Å². The van der Waals surface area contributed by atoms with E-state index in [1.54, 1.807) is 5.57 Å². The Morgan fingerprint density at radius 1 is 1.12 bits per heavy atom. The summed E-state index contributed by atoms with van der Waals surface area (Å²) in [5.74, 6) is 1.86. The Bertz CT molecular complexity index is 1060. The van der Waals surface area contributed by atoms with Gasteiger partial charge >= 0.3 is 0 Å². The van der Waals surface area contributed by atoms with Crippen molar-refractivity contribution in [2.24, 2.45) is 17.3 Å². The van der Waals surface area contributed by atoms with Crippen molar-refractivity contribution in [3.05, 3.63) is 70.3 Å². The normalized spacial score (nSPS) is 37.8. The third-order valence-electron chi connectivity index (χ3n) is 9.96. The number of benzene rings is 1. The molecule has 2 saturated carbocycles. The second-order valence-corrected chi connectivity index (χ2v) is 11.3. The molecule has 4 aliphatic carbocycles. The number of carbonyl (C=O) groups excluding carboxylic acids is 1. The Balaban J connectivity index is 1.50. The van der Waals surface area contributed by atoms with Gasteiger partial charge in [-0.05, 0) is 97.1 Å². The first-order chi connectivity index (χ1) is 16.0. The predicted octanol–water partition coefficient (Wildman–Crippen LogP) is 5.84. The molecule has 0 amide bonds. The van der Waals surface area contributed by atoms with Crippen LogP contribution in [0.4, 0.5) is 0 Å². The fourth-order valence-electron chi connectivity index (χ4n) is 8.46. The summed E-state index contributed by atoms with van der Waals surface area (Å²) in [6.07, 6.45) is 10.8. The van der Waals surface area contributed by atoms with E-state index in [2.05, 4.69) is 37.8 Å². The molecule has 1 saturated heterocycles. The van der Waals surface area contributed by atoms with Crippen LogP contribution in [-0.4, -0.2) is 29.7 Å². The molecule has 0 unspecified atom stereocenters. The van der Waals surface area contributed by atoms with Gasteiger partial charge in [0.15, 0.2) is 5.78 Å². The monoisotopic (exact) mass is 444 g/mol. The average Bonchev–Trinajstić information content (AvgIpc) is 3.34. The smallest absolute Gasteiger partial charge is 0.156 e. The number of ether oxygens (including phenoxy) is 1. The molecule has 3 heteroatoms. The Morgan fingerprint density at radius 2 is 1.94 bits per heavy atom. The zero-order chi connectivity index (χ0) is 22.8. The summed E-state index contributed by atoms with van der Waals surface area (Å²) in [4.78, 5) is 12.2. The number of allylic oxidation sites excluding steroid dienone is 4. The van der Waals surface area contributed by atoms with Gasteiger partial charge in [0.2, 0.25) is 0 Å². The summed E-state index contributed by atoms with van der Waals surface area (Å²) in [6.45, 7) is 8.03. The topological polar surface area (TPSA) is 46.5 Å². The predicted molar refractivity (Wildman–Crippen MR) is 130 cm³/mol. The van der Waals surface area contributed by atoms with Crippen molar-refractivity contribution in [1.29, 1.82) is 0 Å². The third-order valence-corrected chi connectivity index (χ3v) is 9.96. The number of fused-ring (bicyclic) bond motifs is 5. The average molecular weight is 445 g/mol. The van der Waals surface area contributed by atoms with E-state index < -0.39 is 0 Å². The summed E-state index contributed by atoms with van der Waals surface area (Å²) in [5, 5.41) is 9.36. The standard InChI is InChI=1S/C30H36O3/c1-19-13-16-33-30(19)14-11-27-25-9-7-22-17-23(32)8-10-24(22)28(25)26(18-29(27,30)2)21-5-3-20(4-6-21)12-15-31/h3-6,17,25-27,31H,1,7-16,18H2,2H3/t25-,26+,27-,29-,30-/m0/s1. The molecule has 33 heavy (non-hydrogen) atoms. The Hall–Kier alpha value is -1.97. The minimum atomic E-state index is -0.165. The third kappa shape index (κ3) is 3.04. The van der Waals surface area contributed by atoms with Crippen molar-refractivity contribution in [1.82, 2.24) is 0 Å². The molecule has 1 aliphatic heterocycles. The maximum atomic E-state index is 12.2. The molecule has 0 aromatic heterocycles. The van der Waals surface area contributed by atoms with Gasteiger partial charge in [-0.1, -0.05) is 43.3 Å². The maximum absolute atomic E-state index is 12.2. The quantitative estimate of drug-likeness (QED) is 0.596. The molecule has 5 aliphatic rings. The van der Waals surface area contributed by atoms with E-state index in [-0.39, 0.29) is 17.6 Å². The van der Waals surface area contributed by atoms with Crippen LogP contribution in [-0.2, 0) is 16.0 Å². The summed E-state index contributed by atoms with van der Waals surface area (Å²) >= 11 is 0. The Labute approximate surface area is 197 Å². The van der Waals surface area contributed by atoms with Crippen LogP contribution in [0.2, 0.25) is 0 Å². The molecule has 6 rings (SSSR count). The highest BCUT2D eigenvalue weighted by Crippen LogP contribution is 2.70. The number of aliphatic hydroxyl groups is 1. The van der Waals surface area contributed by atoms with E-state index in [9.17, 15) is 9.90 Å². The van der Waals surface area contributed by atoms with E-state index >= 15 is 0 Å².